The van der Waals surface area contributed by atoms with Gasteiger partial charge < -0.3 is 10.2 Å². The highest BCUT2D eigenvalue weighted by molar-refractivity contribution is 5.73. The van der Waals surface area contributed by atoms with E-state index in [0.717, 1.165) is 17.5 Å². The van der Waals surface area contributed by atoms with Crippen molar-refractivity contribution in [2.75, 3.05) is 0 Å². The smallest absolute Gasteiger partial charge is 0.123 e. The number of phenolic OH excluding ortho intramolecular Hbond substituents is 2. The van der Waals surface area contributed by atoms with E-state index in [1.165, 1.54) is 0 Å². The molecule has 0 aliphatic rings. The number of hydrogen-bond donors (Lipinski definition) is 2. The summed E-state index contributed by atoms with van der Waals surface area (Å²) in [4.78, 5) is 0. The van der Waals surface area contributed by atoms with E-state index >= 15 is 0 Å². The Morgan fingerprint density at radius 2 is 1.41 bits per heavy atom. The molecule has 2 aromatic carbocycles. The van der Waals surface area contributed by atoms with Crippen molar-refractivity contribution in [2.45, 2.75) is 46.5 Å². The summed E-state index contributed by atoms with van der Waals surface area (Å²) in [5, 5.41) is 20.9. The number of aromatic hydroxyl groups is 2. The van der Waals surface area contributed by atoms with Crippen LogP contribution < -0.4 is 0 Å². The quantitative estimate of drug-likeness (QED) is 0.737. The van der Waals surface area contributed by atoms with Crippen molar-refractivity contribution in [3.8, 4) is 22.6 Å². The molecule has 0 heterocycles. The zero-order chi connectivity index (χ0) is 16.5. The van der Waals surface area contributed by atoms with E-state index in [2.05, 4.69) is 34.6 Å². The Labute approximate surface area is 133 Å². The van der Waals surface area contributed by atoms with E-state index in [9.17, 15) is 10.2 Å². The van der Waals surface area contributed by atoms with Gasteiger partial charge in [0.25, 0.3) is 0 Å². The average Bonchev–Trinajstić information content (AvgIpc) is 2.39. The summed E-state index contributed by atoms with van der Waals surface area (Å²) in [7, 11) is 0. The molecular formula is C20H26O2. The maximum atomic E-state index is 10.5. The van der Waals surface area contributed by atoms with Gasteiger partial charge in [0.2, 0.25) is 0 Å². The van der Waals surface area contributed by atoms with Crippen LogP contribution in [-0.2, 0) is 5.41 Å². The third-order valence-corrected chi connectivity index (χ3v) is 3.90. The summed E-state index contributed by atoms with van der Waals surface area (Å²) < 4.78 is 0. The lowest BCUT2D eigenvalue weighted by molar-refractivity contribution is 0.278. The first-order valence-corrected chi connectivity index (χ1v) is 7.72. The monoisotopic (exact) mass is 298 g/mol. The highest BCUT2D eigenvalue weighted by atomic mass is 16.3. The number of phenols is 2. The first kappa shape index (κ1) is 16.4. The van der Waals surface area contributed by atoms with Crippen LogP contribution in [0.3, 0.4) is 0 Å². The van der Waals surface area contributed by atoms with E-state index in [1.54, 1.807) is 12.1 Å². The highest BCUT2D eigenvalue weighted by Crippen LogP contribution is 2.44. The zero-order valence-electron chi connectivity index (χ0n) is 14.1. The fourth-order valence-electron chi connectivity index (χ4n) is 3.39. The molecule has 2 nitrogen and oxygen atoms in total. The maximum Gasteiger partial charge on any atom is 0.123 e. The van der Waals surface area contributed by atoms with Gasteiger partial charge in [-0.2, -0.15) is 0 Å². The van der Waals surface area contributed by atoms with Crippen molar-refractivity contribution in [1.29, 1.82) is 0 Å². The average molecular weight is 298 g/mol. The second-order valence-electron chi connectivity index (χ2n) is 7.87. The zero-order valence-corrected chi connectivity index (χ0v) is 14.1. The largest absolute Gasteiger partial charge is 0.508 e. The van der Waals surface area contributed by atoms with Crippen molar-refractivity contribution < 1.29 is 10.2 Å². The Balaban J connectivity index is 2.47. The third-order valence-electron chi connectivity index (χ3n) is 3.90. The van der Waals surface area contributed by atoms with Crippen LogP contribution in [-0.4, -0.2) is 10.2 Å². The fraction of sp³-hybridized carbons (Fsp3) is 0.400. The molecule has 0 unspecified atom stereocenters. The van der Waals surface area contributed by atoms with Crippen LogP contribution in [0.4, 0.5) is 0 Å². The lowest BCUT2D eigenvalue weighted by atomic mass is 9.72. The molecule has 0 amide bonds. The molecule has 0 aliphatic carbocycles. The lowest BCUT2D eigenvalue weighted by Gasteiger charge is -2.33. The van der Waals surface area contributed by atoms with Crippen LogP contribution in [0.2, 0.25) is 0 Å². The van der Waals surface area contributed by atoms with Gasteiger partial charge in [-0.15, -0.1) is 0 Å². The van der Waals surface area contributed by atoms with Gasteiger partial charge in [0, 0.05) is 11.1 Å². The normalized spacial score (nSPS) is 12.4. The molecule has 0 atom stereocenters. The summed E-state index contributed by atoms with van der Waals surface area (Å²) in [6.07, 6.45) is 0.914. The minimum Gasteiger partial charge on any atom is -0.508 e. The van der Waals surface area contributed by atoms with Crippen LogP contribution in [0.15, 0.2) is 42.5 Å². The van der Waals surface area contributed by atoms with Crippen LogP contribution in [0.5, 0.6) is 11.5 Å². The SMILES string of the molecule is CC(C)(C)CC(C)(C)c1cc(O)c(-c2ccccc2)cc1O. The molecule has 0 aromatic heterocycles. The van der Waals surface area contributed by atoms with E-state index in [-0.39, 0.29) is 22.3 Å². The second-order valence-corrected chi connectivity index (χ2v) is 7.87. The summed E-state index contributed by atoms with van der Waals surface area (Å²) in [6, 6.07) is 13.0. The Morgan fingerprint density at radius 1 is 0.818 bits per heavy atom. The summed E-state index contributed by atoms with van der Waals surface area (Å²) in [5.74, 6) is 0.451. The Morgan fingerprint density at radius 3 is 1.95 bits per heavy atom. The number of rotatable bonds is 3. The van der Waals surface area contributed by atoms with Crippen LogP contribution in [0.25, 0.3) is 11.1 Å². The predicted molar refractivity (Wildman–Crippen MR) is 92.3 cm³/mol. The summed E-state index contributed by atoms with van der Waals surface area (Å²) in [5.41, 5.74) is 2.28. The molecule has 118 valence electrons. The predicted octanol–water partition coefficient (Wildman–Crippen LogP) is 5.48. The van der Waals surface area contributed by atoms with E-state index in [4.69, 9.17) is 0 Å². The van der Waals surface area contributed by atoms with Gasteiger partial charge in [0.1, 0.15) is 11.5 Å². The van der Waals surface area contributed by atoms with E-state index < -0.39 is 0 Å². The van der Waals surface area contributed by atoms with Crippen molar-refractivity contribution in [2.24, 2.45) is 5.41 Å². The molecular weight excluding hydrogens is 272 g/mol. The number of hydrogen-bond acceptors (Lipinski definition) is 2. The minimum atomic E-state index is -0.213. The molecule has 0 aliphatic heterocycles. The topological polar surface area (TPSA) is 40.5 Å². The Bertz CT molecular complexity index is 649. The van der Waals surface area contributed by atoms with Crippen molar-refractivity contribution in [3.05, 3.63) is 48.0 Å². The Kier molecular flexibility index (Phi) is 4.23. The van der Waals surface area contributed by atoms with Crippen LogP contribution in [0.1, 0.15) is 46.6 Å². The molecule has 2 heteroatoms. The van der Waals surface area contributed by atoms with Crippen LogP contribution in [0, 0.1) is 5.41 Å². The molecule has 2 aromatic rings. The van der Waals surface area contributed by atoms with Gasteiger partial charge in [-0.3, -0.25) is 0 Å². The molecule has 0 fully saturated rings. The van der Waals surface area contributed by atoms with Gasteiger partial charge in [-0.05, 0) is 34.9 Å². The van der Waals surface area contributed by atoms with Gasteiger partial charge >= 0.3 is 0 Å². The summed E-state index contributed by atoms with van der Waals surface area (Å²) >= 11 is 0. The molecule has 0 spiro atoms. The van der Waals surface area contributed by atoms with Crippen LogP contribution >= 0.6 is 0 Å². The van der Waals surface area contributed by atoms with Gasteiger partial charge in [0.15, 0.2) is 0 Å². The third kappa shape index (κ3) is 3.62. The molecule has 0 bridgehead atoms. The van der Waals surface area contributed by atoms with Gasteiger partial charge in [-0.1, -0.05) is 65.0 Å². The van der Waals surface area contributed by atoms with Gasteiger partial charge in [0.05, 0.1) is 0 Å². The Hall–Kier alpha value is -1.96. The number of benzene rings is 2. The van der Waals surface area contributed by atoms with E-state index in [1.807, 2.05) is 30.3 Å². The first-order valence-electron chi connectivity index (χ1n) is 7.72. The highest BCUT2D eigenvalue weighted by Gasteiger charge is 2.30. The molecule has 22 heavy (non-hydrogen) atoms. The van der Waals surface area contributed by atoms with Crippen molar-refractivity contribution >= 4 is 0 Å². The summed E-state index contributed by atoms with van der Waals surface area (Å²) in [6.45, 7) is 10.8. The molecule has 2 N–H and O–H groups in total. The fourth-order valence-corrected chi connectivity index (χ4v) is 3.39. The second kappa shape index (κ2) is 5.68. The molecule has 2 rings (SSSR count). The van der Waals surface area contributed by atoms with Crippen molar-refractivity contribution in [1.82, 2.24) is 0 Å². The lowest BCUT2D eigenvalue weighted by Crippen LogP contribution is -2.24. The molecule has 0 saturated heterocycles. The maximum absolute atomic E-state index is 10.5. The first-order chi connectivity index (χ1) is 10.1. The molecule has 0 radical (unpaired) electrons. The minimum absolute atomic E-state index is 0.143. The van der Waals surface area contributed by atoms with Gasteiger partial charge in [-0.25, -0.2) is 0 Å². The molecule has 0 saturated carbocycles. The van der Waals surface area contributed by atoms with Crippen molar-refractivity contribution in [3.63, 3.8) is 0 Å². The standard InChI is InChI=1S/C20H26O2/c1-19(2,3)13-20(4,5)16-12-17(21)15(11-18(16)22)14-9-7-6-8-10-14/h6-12,21-22H,13H2,1-5H3. The van der Waals surface area contributed by atoms with E-state index in [0.29, 0.717) is 5.56 Å².